The lowest BCUT2D eigenvalue weighted by molar-refractivity contribution is -0.164. The van der Waals surface area contributed by atoms with Gasteiger partial charge >= 0.3 is 0 Å². The summed E-state index contributed by atoms with van der Waals surface area (Å²) in [5.41, 5.74) is 2.29. The third-order valence-electron chi connectivity index (χ3n) is 5.55. The molecule has 1 atom stereocenters. The summed E-state index contributed by atoms with van der Waals surface area (Å²) in [7, 11) is 0. The van der Waals surface area contributed by atoms with Crippen molar-refractivity contribution in [2.75, 3.05) is 24.6 Å². The average Bonchev–Trinajstić information content (AvgIpc) is 2.99. The summed E-state index contributed by atoms with van der Waals surface area (Å²) in [5, 5.41) is 10.4. The van der Waals surface area contributed by atoms with Crippen molar-refractivity contribution in [2.24, 2.45) is 0 Å². The number of aliphatic hydroxyl groups excluding tert-OH is 1. The zero-order chi connectivity index (χ0) is 15.2. The van der Waals surface area contributed by atoms with Crippen LogP contribution in [0, 0.1) is 6.92 Å². The maximum atomic E-state index is 10.4. The molecule has 0 radical (unpaired) electrons. The number of hydrogen-bond acceptors (Lipinski definition) is 5. The number of anilines is 1. The lowest BCUT2D eigenvalue weighted by Gasteiger charge is -2.47. The largest absolute Gasteiger partial charge is 0.390 e. The number of ether oxygens (including phenoxy) is 1. The second kappa shape index (κ2) is 5.46. The molecule has 1 aliphatic carbocycles. The van der Waals surface area contributed by atoms with Crippen molar-refractivity contribution >= 4 is 5.82 Å². The Kier molecular flexibility index (Phi) is 3.57. The Morgan fingerprint density at radius 1 is 1.18 bits per heavy atom. The first-order valence-corrected chi connectivity index (χ1v) is 8.61. The maximum Gasteiger partial charge on any atom is 0.135 e. The van der Waals surface area contributed by atoms with E-state index in [0.29, 0.717) is 0 Å². The lowest BCUT2D eigenvalue weighted by atomic mass is 9.82. The van der Waals surface area contributed by atoms with Crippen LogP contribution in [0.1, 0.15) is 49.2 Å². The van der Waals surface area contributed by atoms with Gasteiger partial charge in [0.25, 0.3) is 0 Å². The molecule has 22 heavy (non-hydrogen) atoms. The average molecular weight is 303 g/mol. The highest BCUT2D eigenvalue weighted by Gasteiger charge is 2.44. The molecule has 5 heteroatoms. The summed E-state index contributed by atoms with van der Waals surface area (Å²) in [6.07, 6.45) is 6.73. The van der Waals surface area contributed by atoms with Crippen LogP contribution >= 0.6 is 0 Å². The number of aliphatic hydroxyl groups is 1. The third-order valence-corrected chi connectivity index (χ3v) is 5.55. The first-order chi connectivity index (χ1) is 10.7. The van der Waals surface area contributed by atoms with Crippen LogP contribution in [0.4, 0.5) is 5.82 Å². The van der Waals surface area contributed by atoms with Crippen molar-refractivity contribution in [1.29, 1.82) is 0 Å². The van der Waals surface area contributed by atoms with Gasteiger partial charge in [-0.1, -0.05) is 0 Å². The summed E-state index contributed by atoms with van der Waals surface area (Å²) < 4.78 is 6.01. The van der Waals surface area contributed by atoms with E-state index in [1.54, 1.807) is 0 Å². The smallest absolute Gasteiger partial charge is 0.135 e. The molecule has 1 aromatic heterocycles. The van der Waals surface area contributed by atoms with Gasteiger partial charge in [-0.05, 0) is 51.9 Å². The van der Waals surface area contributed by atoms with Crippen molar-refractivity contribution in [3.8, 4) is 0 Å². The zero-order valence-electron chi connectivity index (χ0n) is 13.3. The van der Waals surface area contributed by atoms with Crippen molar-refractivity contribution in [2.45, 2.75) is 63.6 Å². The monoisotopic (exact) mass is 303 g/mol. The molecule has 1 aromatic rings. The number of aromatic nitrogens is 2. The van der Waals surface area contributed by atoms with Gasteiger partial charge < -0.3 is 14.7 Å². The Hall–Kier alpha value is -1.20. The molecule has 2 fully saturated rings. The van der Waals surface area contributed by atoms with E-state index in [9.17, 15) is 5.11 Å². The fourth-order valence-corrected chi connectivity index (χ4v) is 4.28. The van der Waals surface area contributed by atoms with Crippen molar-refractivity contribution in [3.05, 3.63) is 17.1 Å². The van der Waals surface area contributed by atoms with Gasteiger partial charge in [0.15, 0.2) is 0 Å². The number of rotatable bonds is 1. The molecule has 5 nitrogen and oxygen atoms in total. The van der Waals surface area contributed by atoms with Crippen LogP contribution in [-0.2, 0) is 17.6 Å². The van der Waals surface area contributed by atoms with Crippen LogP contribution in [-0.4, -0.2) is 46.5 Å². The molecule has 1 N–H and O–H groups in total. The molecule has 1 unspecified atom stereocenters. The molecule has 0 aromatic carbocycles. The van der Waals surface area contributed by atoms with Crippen molar-refractivity contribution in [3.63, 3.8) is 0 Å². The van der Waals surface area contributed by atoms with Crippen LogP contribution in [0.5, 0.6) is 0 Å². The Morgan fingerprint density at radius 3 is 2.77 bits per heavy atom. The highest BCUT2D eigenvalue weighted by molar-refractivity contribution is 5.51. The van der Waals surface area contributed by atoms with E-state index in [-0.39, 0.29) is 11.7 Å². The Labute approximate surface area is 131 Å². The summed E-state index contributed by atoms with van der Waals surface area (Å²) in [6, 6.07) is 0. The first kappa shape index (κ1) is 14.4. The number of hydrogen-bond donors (Lipinski definition) is 1. The van der Waals surface area contributed by atoms with Crippen LogP contribution < -0.4 is 4.90 Å². The van der Waals surface area contributed by atoms with Crippen molar-refractivity contribution in [1.82, 2.24) is 9.97 Å². The Balaban J connectivity index is 1.55. The molecule has 3 heterocycles. The fraction of sp³-hybridized carbons (Fsp3) is 0.765. The quantitative estimate of drug-likeness (QED) is 0.857. The molecule has 2 saturated heterocycles. The highest BCUT2D eigenvalue weighted by Crippen LogP contribution is 2.38. The van der Waals surface area contributed by atoms with Gasteiger partial charge in [-0.2, -0.15) is 0 Å². The van der Waals surface area contributed by atoms with E-state index in [1.807, 2.05) is 6.92 Å². The van der Waals surface area contributed by atoms with Gasteiger partial charge in [-0.25, -0.2) is 9.97 Å². The molecule has 1 spiro atoms. The second-order valence-electron chi connectivity index (χ2n) is 6.93. The maximum absolute atomic E-state index is 10.4. The van der Waals surface area contributed by atoms with E-state index >= 15 is 0 Å². The predicted octanol–water partition coefficient (Wildman–Crippen LogP) is 1.78. The number of fused-ring (bicyclic) bond motifs is 1. The predicted molar refractivity (Wildman–Crippen MR) is 84.2 cm³/mol. The SMILES string of the molecule is Cc1nc2c(c(N3CCC4(CC3)OCCCC4O)n1)CCC2. The summed E-state index contributed by atoms with van der Waals surface area (Å²) in [6.45, 7) is 4.61. The summed E-state index contributed by atoms with van der Waals surface area (Å²) in [4.78, 5) is 11.7. The summed E-state index contributed by atoms with van der Waals surface area (Å²) >= 11 is 0. The summed E-state index contributed by atoms with van der Waals surface area (Å²) in [5.74, 6) is 2.02. The number of nitrogens with zero attached hydrogens (tertiary/aromatic N) is 3. The van der Waals surface area contributed by atoms with Gasteiger partial charge in [-0.3, -0.25) is 0 Å². The van der Waals surface area contributed by atoms with E-state index in [2.05, 4.69) is 9.88 Å². The van der Waals surface area contributed by atoms with E-state index in [0.717, 1.165) is 69.9 Å². The van der Waals surface area contributed by atoms with Gasteiger partial charge in [0.05, 0.1) is 11.7 Å². The molecular formula is C17H25N3O2. The van der Waals surface area contributed by atoms with E-state index < -0.39 is 0 Å². The normalized spacial score (nSPS) is 27.2. The topological polar surface area (TPSA) is 58.5 Å². The molecule has 4 rings (SSSR count). The standard InChI is InChI=1S/C17H25N3O2/c1-12-18-14-5-2-4-13(14)16(19-12)20-9-7-17(8-10-20)15(21)6-3-11-22-17/h15,21H,2-11H2,1H3. The van der Waals surface area contributed by atoms with Gasteiger partial charge in [0.1, 0.15) is 11.6 Å². The Morgan fingerprint density at radius 2 is 2.00 bits per heavy atom. The van der Waals surface area contributed by atoms with E-state index in [1.165, 1.54) is 17.7 Å². The van der Waals surface area contributed by atoms with Crippen LogP contribution in [0.15, 0.2) is 0 Å². The molecule has 3 aliphatic rings. The minimum atomic E-state index is -0.306. The Bertz CT molecular complexity index is 567. The van der Waals surface area contributed by atoms with Crippen LogP contribution in [0.3, 0.4) is 0 Å². The van der Waals surface area contributed by atoms with Gasteiger partial charge in [-0.15, -0.1) is 0 Å². The van der Waals surface area contributed by atoms with Crippen LogP contribution in [0.25, 0.3) is 0 Å². The van der Waals surface area contributed by atoms with E-state index in [4.69, 9.17) is 9.72 Å². The first-order valence-electron chi connectivity index (χ1n) is 8.61. The zero-order valence-corrected chi connectivity index (χ0v) is 13.3. The van der Waals surface area contributed by atoms with Gasteiger partial charge in [0, 0.05) is 31.0 Å². The lowest BCUT2D eigenvalue weighted by Crippen LogP contribution is -2.55. The second-order valence-corrected chi connectivity index (χ2v) is 6.93. The number of piperidine rings is 1. The van der Waals surface area contributed by atoms with Gasteiger partial charge in [0.2, 0.25) is 0 Å². The van der Waals surface area contributed by atoms with Crippen LogP contribution in [0.2, 0.25) is 0 Å². The minimum absolute atomic E-state index is 0.304. The molecule has 0 amide bonds. The highest BCUT2D eigenvalue weighted by atomic mass is 16.5. The number of aryl methyl sites for hydroxylation is 2. The molecule has 2 aliphatic heterocycles. The molecule has 120 valence electrons. The third kappa shape index (κ3) is 2.31. The molecular weight excluding hydrogens is 278 g/mol. The molecule has 0 saturated carbocycles. The fourth-order valence-electron chi connectivity index (χ4n) is 4.28. The molecule has 0 bridgehead atoms. The minimum Gasteiger partial charge on any atom is -0.390 e. The van der Waals surface area contributed by atoms with Crippen molar-refractivity contribution < 1.29 is 9.84 Å².